The molecule has 1 heterocycles. The maximum absolute atomic E-state index is 12.3. The summed E-state index contributed by atoms with van der Waals surface area (Å²) in [4.78, 5) is 17.9. The van der Waals surface area contributed by atoms with Crippen molar-refractivity contribution in [1.82, 2.24) is 9.88 Å². The Morgan fingerprint density at radius 1 is 1.61 bits per heavy atom. The summed E-state index contributed by atoms with van der Waals surface area (Å²) in [6, 6.07) is 3.65. The van der Waals surface area contributed by atoms with Gasteiger partial charge in [0.1, 0.15) is 0 Å². The van der Waals surface area contributed by atoms with Crippen LogP contribution in [0.2, 0.25) is 0 Å². The van der Waals surface area contributed by atoms with Crippen LogP contribution in [0.1, 0.15) is 30.6 Å². The molecule has 1 aromatic rings. The van der Waals surface area contributed by atoms with E-state index in [1.54, 1.807) is 17.2 Å². The standard InChI is InChI=1S/C13H18N4O/c1-10(2)9-17(7-3-5-14)13(18)11-8-16-6-4-12(11)15/h4,6,8,10H,3,7,9H2,1-2H3,(H2,15,16). The highest BCUT2D eigenvalue weighted by Gasteiger charge is 2.18. The SMILES string of the molecule is CC(C)CN(CCC#N)C(=O)c1cnccc1N. The van der Waals surface area contributed by atoms with Crippen molar-refractivity contribution in [1.29, 1.82) is 5.26 Å². The Bertz CT molecular complexity index is 451. The first kappa shape index (κ1) is 14.0. The maximum Gasteiger partial charge on any atom is 0.257 e. The van der Waals surface area contributed by atoms with Crippen LogP contribution < -0.4 is 5.73 Å². The van der Waals surface area contributed by atoms with Crippen molar-refractivity contribution >= 4 is 11.6 Å². The number of pyridine rings is 1. The zero-order valence-corrected chi connectivity index (χ0v) is 10.8. The van der Waals surface area contributed by atoms with Crippen molar-refractivity contribution in [2.75, 3.05) is 18.8 Å². The molecule has 5 heteroatoms. The lowest BCUT2D eigenvalue weighted by Gasteiger charge is -2.24. The van der Waals surface area contributed by atoms with Gasteiger partial charge in [0, 0.05) is 31.2 Å². The molecule has 1 rings (SSSR count). The summed E-state index contributed by atoms with van der Waals surface area (Å²) in [5, 5.41) is 8.63. The Labute approximate surface area is 107 Å². The highest BCUT2D eigenvalue weighted by atomic mass is 16.2. The molecule has 96 valence electrons. The highest BCUT2D eigenvalue weighted by molar-refractivity contribution is 5.98. The van der Waals surface area contributed by atoms with Gasteiger partial charge in [-0.2, -0.15) is 5.26 Å². The third-order valence-corrected chi connectivity index (χ3v) is 2.45. The normalized spacial score (nSPS) is 10.1. The number of hydrogen-bond acceptors (Lipinski definition) is 4. The van der Waals surface area contributed by atoms with Gasteiger partial charge in [0.15, 0.2) is 0 Å². The van der Waals surface area contributed by atoms with E-state index in [4.69, 9.17) is 11.0 Å². The monoisotopic (exact) mass is 246 g/mol. The molecule has 0 aromatic carbocycles. The molecule has 0 spiro atoms. The van der Waals surface area contributed by atoms with E-state index in [1.165, 1.54) is 6.20 Å². The van der Waals surface area contributed by atoms with Crippen molar-refractivity contribution in [2.45, 2.75) is 20.3 Å². The molecule has 0 saturated carbocycles. The first-order valence-electron chi connectivity index (χ1n) is 5.92. The second-order valence-corrected chi connectivity index (χ2v) is 4.52. The van der Waals surface area contributed by atoms with Crippen molar-refractivity contribution in [3.63, 3.8) is 0 Å². The zero-order chi connectivity index (χ0) is 13.5. The van der Waals surface area contributed by atoms with Gasteiger partial charge in [-0.3, -0.25) is 9.78 Å². The van der Waals surface area contributed by atoms with Crippen LogP contribution >= 0.6 is 0 Å². The molecule has 0 unspecified atom stereocenters. The van der Waals surface area contributed by atoms with Gasteiger partial charge in [-0.05, 0) is 12.0 Å². The number of nitrogen functional groups attached to an aromatic ring is 1. The zero-order valence-electron chi connectivity index (χ0n) is 10.8. The van der Waals surface area contributed by atoms with Crippen molar-refractivity contribution < 1.29 is 4.79 Å². The molecule has 0 bridgehead atoms. The molecule has 1 amide bonds. The number of carbonyl (C=O) groups excluding carboxylic acids is 1. The molecule has 2 N–H and O–H groups in total. The smallest absolute Gasteiger partial charge is 0.257 e. The molecule has 0 radical (unpaired) electrons. The van der Waals surface area contributed by atoms with Crippen LogP contribution in [-0.2, 0) is 0 Å². The van der Waals surface area contributed by atoms with Crippen LogP contribution in [0.5, 0.6) is 0 Å². The Kier molecular flexibility index (Phi) is 5.12. The topological polar surface area (TPSA) is 83.0 Å². The predicted molar refractivity (Wildman–Crippen MR) is 69.6 cm³/mol. The fourth-order valence-corrected chi connectivity index (χ4v) is 1.66. The molecular weight excluding hydrogens is 228 g/mol. The van der Waals surface area contributed by atoms with Crippen LogP contribution in [0.4, 0.5) is 5.69 Å². The van der Waals surface area contributed by atoms with E-state index in [0.29, 0.717) is 36.7 Å². The number of aromatic nitrogens is 1. The Hall–Kier alpha value is -2.09. The van der Waals surface area contributed by atoms with Gasteiger partial charge in [-0.1, -0.05) is 13.8 Å². The summed E-state index contributed by atoms with van der Waals surface area (Å²) in [6.07, 6.45) is 3.34. The summed E-state index contributed by atoms with van der Waals surface area (Å²) in [6.45, 7) is 5.08. The molecule has 0 aliphatic heterocycles. The fourth-order valence-electron chi connectivity index (χ4n) is 1.66. The number of nitriles is 1. The predicted octanol–water partition coefficient (Wildman–Crippen LogP) is 1.68. The number of carbonyl (C=O) groups is 1. The molecule has 1 aromatic heterocycles. The number of nitrogens with two attached hydrogens (primary N) is 1. The van der Waals surface area contributed by atoms with Crippen molar-refractivity contribution in [2.24, 2.45) is 5.92 Å². The molecule has 5 nitrogen and oxygen atoms in total. The van der Waals surface area contributed by atoms with Gasteiger partial charge in [0.25, 0.3) is 5.91 Å². The molecular formula is C13H18N4O. The van der Waals surface area contributed by atoms with Crippen LogP contribution in [0, 0.1) is 17.2 Å². The average Bonchev–Trinajstić information content (AvgIpc) is 2.34. The van der Waals surface area contributed by atoms with Crippen LogP contribution in [0.15, 0.2) is 18.5 Å². The summed E-state index contributed by atoms with van der Waals surface area (Å²) in [5.41, 5.74) is 6.58. The Morgan fingerprint density at radius 3 is 2.89 bits per heavy atom. The van der Waals surface area contributed by atoms with E-state index >= 15 is 0 Å². The van der Waals surface area contributed by atoms with Gasteiger partial charge in [0.2, 0.25) is 0 Å². The Balaban J connectivity index is 2.88. The number of hydrogen-bond donors (Lipinski definition) is 1. The lowest BCUT2D eigenvalue weighted by Crippen LogP contribution is -2.35. The van der Waals surface area contributed by atoms with Gasteiger partial charge < -0.3 is 10.6 Å². The third kappa shape index (κ3) is 3.74. The van der Waals surface area contributed by atoms with Crippen LogP contribution in [0.25, 0.3) is 0 Å². The van der Waals surface area contributed by atoms with E-state index < -0.39 is 0 Å². The number of anilines is 1. The van der Waals surface area contributed by atoms with E-state index in [0.717, 1.165) is 0 Å². The summed E-state index contributed by atoms with van der Waals surface area (Å²) >= 11 is 0. The quantitative estimate of drug-likeness (QED) is 0.856. The van der Waals surface area contributed by atoms with E-state index in [2.05, 4.69) is 11.1 Å². The highest BCUT2D eigenvalue weighted by Crippen LogP contribution is 2.13. The molecule has 0 aliphatic rings. The first-order valence-corrected chi connectivity index (χ1v) is 5.92. The lowest BCUT2D eigenvalue weighted by atomic mass is 10.1. The second kappa shape index (κ2) is 6.60. The number of rotatable bonds is 5. The van der Waals surface area contributed by atoms with Crippen LogP contribution in [0.3, 0.4) is 0 Å². The molecule has 0 fully saturated rings. The fraction of sp³-hybridized carbons (Fsp3) is 0.462. The molecule has 0 atom stereocenters. The van der Waals surface area contributed by atoms with Crippen molar-refractivity contribution in [3.05, 3.63) is 24.0 Å². The van der Waals surface area contributed by atoms with E-state index in [1.807, 2.05) is 13.8 Å². The summed E-state index contributed by atoms with van der Waals surface area (Å²) in [7, 11) is 0. The Morgan fingerprint density at radius 2 is 2.33 bits per heavy atom. The largest absolute Gasteiger partial charge is 0.398 e. The minimum Gasteiger partial charge on any atom is -0.398 e. The van der Waals surface area contributed by atoms with E-state index in [9.17, 15) is 4.79 Å². The third-order valence-electron chi connectivity index (χ3n) is 2.45. The molecule has 18 heavy (non-hydrogen) atoms. The minimum absolute atomic E-state index is 0.162. The summed E-state index contributed by atoms with van der Waals surface area (Å²) in [5.74, 6) is 0.176. The molecule has 0 aliphatic carbocycles. The minimum atomic E-state index is -0.162. The maximum atomic E-state index is 12.3. The van der Waals surface area contributed by atoms with Gasteiger partial charge >= 0.3 is 0 Å². The first-order chi connectivity index (χ1) is 8.56. The van der Waals surface area contributed by atoms with Crippen LogP contribution in [-0.4, -0.2) is 28.9 Å². The van der Waals surface area contributed by atoms with Gasteiger partial charge in [0.05, 0.1) is 18.1 Å². The lowest BCUT2D eigenvalue weighted by molar-refractivity contribution is 0.0740. The average molecular weight is 246 g/mol. The number of amides is 1. The summed E-state index contributed by atoms with van der Waals surface area (Å²) < 4.78 is 0. The second-order valence-electron chi connectivity index (χ2n) is 4.52. The van der Waals surface area contributed by atoms with Crippen molar-refractivity contribution in [3.8, 4) is 6.07 Å². The van der Waals surface area contributed by atoms with E-state index in [-0.39, 0.29) is 5.91 Å². The molecule has 0 saturated heterocycles. The van der Waals surface area contributed by atoms with Gasteiger partial charge in [-0.25, -0.2) is 0 Å². The van der Waals surface area contributed by atoms with Gasteiger partial charge in [-0.15, -0.1) is 0 Å². The number of nitrogens with zero attached hydrogens (tertiary/aromatic N) is 3.